The van der Waals surface area contributed by atoms with Crippen molar-refractivity contribution in [3.8, 4) is 6.07 Å². The molecule has 1 aromatic carbocycles. The number of amides is 1. The van der Waals surface area contributed by atoms with Gasteiger partial charge in [-0.1, -0.05) is 12.6 Å². The van der Waals surface area contributed by atoms with Gasteiger partial charge in [0.1, 0.15) is 0 Å². The maximum atomic E-state index is 13.2. The van der Waals surface area contributed by atoms with Crippen molar-refractivity contribution in [1.29, 1.82) is 5.26 Å². The monoisotopic (exact) mass is 401 g/mol. The Bertz CT molecular complexity index is 779. The van der Waals surface area contributed by atoms with E-state index >= 15 is 0 Å². The maximum Gasteiger partial charge on any atom is 0.274 e. The lowest BCUT2D eigenvalue weighted by Gasteiger charge is -2.33. The van der Waals surface area contributed by atoms with Crippen LogP contribution in [0.4, 0.5) is 8.78 Å². The molecule has 1 saturated carbocycles. The zero-order chi connectivity index (χ0) is 20.9. The summed E-state index contributed by atoms with van der Waals surface area (Å²) in [6, 6.07) is 8.19. The Kier molecular flexibility index (Phi) is 7.02. The SMILES string of the molecule is C=CC(F)(F)CC(=O)NC1CCC(CCN2CCc3cc(C#N)ccc3C2)CC1. The number of hydrogen-bond donors (Lipinski definition) is 1. The van der Waals surface area contributed by atoms with Gasteiger partial charge in [-0.05, 0) is 80.3 Å². The predicted octanol–water partition coefficient (Wildman–Crippen LogP) is 4.19. The topological polar surface area (TPSA) is 56.1 Å². The molecule has 1 aliphatic heterocycles. The average Bonchev–Trinajstić information content (AvgIpc) is 2.72. The van der Waals surface area contributed by atoms with Crippen LogP contribution in [-0.4, -0.2) is 35.9 Å². The Labute approximate surface area is 171 Å². The Morgan fingerprint density at radius 3 is 2.76 bits per heavy atom. The van der Waals surface area contributed by atoms with Crippen molar-refractivity contribution in [2.45, 2.75) is 63.5 Å². The third-order valence-electron chi connectivity index (χ3n) is 6.19. The van der Waals surface area contributed by atoms with E-state index < -0.39 is 18.3 Å². The first-order valence-corrected chi connectivity index (χ1v) is 10.4. The number of carbonyl (C=O) groups excluding carboxylic acids is 1. The van der Waals surface area contributed by atoms with Gasteiger partial charge in [-0.15, -0.1) is 0 Å². The number of halogens is 2. The lowest BCUT2D eigenvalue weighted by atomic mass is 9.83. The standard InChI is InChI=1S/C23H29F2N3O/c1-2-23(24,25)14-22(29)27-21-7-4-17(5-8-21)9-11-28-12-10-19-13-18(15-26)3-6-20(19)16-28/h2-3,6,13,17,21H,1,4-5,7-12,14,16H2,(H,27,29). The van der Waals surface area contributed by atoms with Gasteiger partial charge in [-0.3, -0.25) is 9.69 Å². The second-order valence-electron chi connectivity index (χ2n) is 8.34. The number of nitriles is 1. The van der Waals surface area contributed by atoms with Crippen LogP contribution in [0, 0.1) is 17.2 Å². The number of carbonyl (C=O) groups is 1. The maximum absolute atomic E-state index is 13.2. The molecule has 1 aromatic rings. The fourth-order valence-corrected chi connectivity index (χ4v) is 4.40. The van der Waals surface area contributed by atoms with Crippen molar-refractivity contribution in [3.05, 3.63) is 47.5 Å². The minimum Gasteiger partial charge on any atom is -0.353 e. The average molecular weight is 402 g/mol. The summed E-state index contributed by atoms with van der Waals surface area (Å²) in [7, 11) is 0. The molecule has 4 nitrogen and oxygen atoms in total. The molecular formula is C23H29F2N3O. The zero-order valence-corrected chi connectivity index (χ0v) is 16.8. The summed E-state index contributed by atoms with van der Waals surface area (Å²) in [5, 5.41) is 11.8. The van der Waals surface area contributed by atoms with Crippen LogP contribution in [0.1, 0.15) is 55.2 Å². The second kappa shape index (κ2) is 9.49. The molecule has 0 atom stereocenters. The van der Waals surface area contributed by atoms with Gasteiger partial charge in [-0.25, -0.2) is 8.78 Å². The predicted molar refractivity (Wildman–Crippen MR) is 108 cm³/mol. The Morgan fingerprint density at radius 2 is 2.07 bits per heavy atom. The van der Waals surface area contributed by atoms with Crippen LogP contribution < -0.4 is 5.32 Å². The second-order valence-corrected chi connectivity index (χ2v) is 8.34. The summed E-state index contributed by atoms with van der Waals surface area (Å²) in [6.07, 6.45) is 5.59. The van der Waals surface area contributed by atoms with Gasteiger partial charge in [0, 0.05) is 19.1 Å². The van der Waals surface area contributed by atoms with Crippen molar-refractivity contribution < 1.29 is 13.6 Å². The largest absolute Gasteiger partial charge is 0.353 e. The van der Waals surface area contributed by atoms with E-state index in [-0.39, 0.29) is 6.04 Å². The number of hydrogen-bond acceptors (Lipinski definition) is 3. The number of fused-ring (bicyclic) bond motifs is 1. The summed E-state index contributed by atoms with van der Waals surface area (Å²) in [5.74, 6) is -3.10. The molecule has 0 radical (unpaired) electrons. The summed E-state index contributed by atoms with van der Waals surface area (Å²) in [4.78, 5) is 14.2. The molecule has 0 aromatic heterocycles. The number of alkyl halides is 2. The van der Waals surface area contributed by atoms with E-state index in [1.807, 2.05) is 12.1 Å². The fraction of sp³-hybridized carbons (Fsp3) is 0.565. The van der Waals surface area contributed by atoms with Crippen molar-refractivity contribution in [1.82, 2.24) is 10.2 Å². The Balaban J connectivity index is 1.38. The molecule has 0 bridgehead atoms. The van der Waals surface area contributed by atoms with Crippen LogP contribution in [0.5, 0.6) is 0 Å². The molecule has 1 heterocycles. The molecule has 3 rings (SSSR count). The van der Waals surface area contributed by atoms with E-state index in [0.717, 1.165) is 63.7 Å². The third-order valence-corrected chi connectivity index (χ3v) is 6.19. The van der Waals surface area contributed by atoms with Gasteiger partial charge in [-0.2, -0.15) is 5.26 Å². The third kappa shape index (κ3) is 6.11. The molecule has 1 N–H and O–H groups in total. The molecule has 1 amide bonds. The molecule has 0 spiro atoms. The number of benzene rings is 1. The van der Waals surface area contributed by atoms with Crippen molar-refractivity contribution >= 4 is 5.91 Å². The molecule has 0 saturated heterocycles. The molecule has 0 unspecified atom stereocenters. The van der Waals surface area contributed by atoms with Crippen LogP contribution >= 0.6 is 0 Å². The normalized spacial score (nSPS) is 22.4. The lowest BCUT2D eigenvalue weighted by Crippen LogP contribution is -2.40. The molecule has 2 aliphatic rings. The molecule has 29 heavy (non-hydrogen) atoms. The quantitative estimate of drug-likeness (QED) is 0.697. The zero-order valence-electron chi connectivity index (χ0n) is 16.8. The number of rotatable bonds is 7. The van der Waals surface area contributed by atoms with Crippen LogP contribution in [0.3, 0.4) is 0 Å². The van der Waals surface area contributed by atoms with E-state index in [4.69, 9.17) is 5.26 Å². The van der Waals surface area contributed by atoms with Crippen molar-refractivity contribution in [2.75, 3.05) is 13.1 Å². The van der Waals surface area contributed by atoms with Crippen LogP contribution in [0.2, 0.25) is 0 Å². The highest BCUT2D eigenvalue weighted by molar-refractivity contribution is 5.77. The van der Waals surface area contributed by atoms with Crippen LogP contribution in [0.25, 0.3) is 0 Å². The first-order valence-electron chi connectivity index (χ1n) is 10.4. The number of nitrogens with zero attached hydrogens (tertiary/aromatic N) is 2. The molecule has 1 aliphatic carbocycles. The summed E-state index contributed by atoms with van der Waals surface area (Å²) in [6.45, 7) is 6.08. The lowest BCUT2D eigenvalue weighted by molar-refractivity contribution is -0.126. The minimum atomic E-state index is -3.13. The van der Waals surface area contributed by atoms with Gasteiger partial charge in [0.25, 0.3) is 5.92 Å². The highest BCUT2D eigenvalue weighted by Gasteiger charge is 2.30. The molecule has 156 valence electrons. The highest BCUT2D eigenvalue weighted by atomic mass is 19.3. The van der Waals surface area contributed by atoms with Gasteiger partial charge >= 0.3 is 0 Å². The summed E-state index contributed by atoms with van der Waals surface area (Å²) >= 11 is 0. The van der Waals surface area contributed by atoms with E-state index in [1.54, 1.807) is 0 Å². The van der Waals surface area contributed by atoms with Gasteiger partial charge in [0.05, 0.1) is 18.1 Å². The molecular weight excluding hydrogens is 372 g/mol. The Hall–Kier alpha value is -2.26. The van der Waals surface area contributed by atoms with E-state index in [1.165, 1.54) is 11.1 Å². The number of nitrogens with one attached hydrogen (secondary N) is 1. The fourth-order valence-electron chi connectivity index (χ4n) is 4.40. The smallest absolute Gasteiger partial charge is 0.274 e. The van der Waals surface area contributed by atoms with Gasteiger partial charge < -0.3 is 5.32 Å². The van der Waals surface area contributed by atoms with Gasteiger partial charge in [0.2, 0.25) is 5.91 Å². The summed E-state index contributed by atoms with van der Waals surface area (Å²) in [5.41, 5.74) is 3.34. The van der Waals surface area contributed by atoms with Crippen LogP contribution in [-0.2, 0) is 17.8 Å². The van der Waals surface area contributed by atoms with Crippen LogP contribution in [0.15, 0.2) is 30.9 Å². The first kappa shape index (κ1) is 21.4. The van der Waals surface area contributed by atoms with Crippen molar-refractivity contribution in [2.24, 2.45) is 5.92 Å². The molecule has 6 heteroatoms. The van der Waals surface area contributed by atoms with Gasteiger partial charge in [0.15, 0.2) is 0 Å². The van der Waals surface area contributed by atoms with Crippen molar-refractivity contribution in [3.63, 3.8) is 0 Å². The first-order chi connectivity index (χ1) is 13.9. The molecule has 1 fully saturated rings. The minimum absolute atomic E-state index is 0.00978. The van der Waals surface area contributed by atoms with E-state index in [2.05, 4.69) is 28.9 Å². The summed E-state index contributed by atoms with van der Waals surface area (Å²) < 4.78 is 26.5. The highest BCUT2D eigenvalue weighted by Crippen LogP contribution is 2.29. The van der Waals surface area contributed by atoms with E-state index in [9.17, 15) is 13.6 Å². The number of allylic oxidation sites excluding steroid dienone is 1. The van der Waals surface area contributed by atoms with E-state index in [0.29, 0.717) is 12.0 Å². The Morgan fingerprint density at radius 1 is 1.31 bits per heavy atom.